The van der Waals surface area contributed by atoms with Crippen LogP contribution in [0, 0.1) is 11.3 Å². The fourth-order valence-electron chi connectivity index (χ4n) is 4.96. The van der Waals surface area contributed by atoms with Gasteiger partial charge in [0.2, 0.25) is 11.9 Å². The van der Waals surface area contributed by atoms with Gasteiger partial charge >= 0.3 is 0 Å². The zero-order valence-electron chi connectivity index (χ0n) is 17.7. The molecule has 1 amide bonds. The van der Waals surface area contributed by atoms with Gasteiger partial charge in [0.05, 0.1) is 11.0 Å². The van der Waals surface area contributed by atoms with Crippen molar-refractivity contribution in [3.05, 3.63) is 48.5 Å². The fraction of sp³-hybridized carbons (Fsp3) is 0.417. The van der Waals surface area contributed by atoms with Crippen molar-refractivity contribution in [3.8, 4) is 0 Å². The molecular formula is C24H30N4O. The third kappa shape index (κ3) is 4.29. The summed E-state index contributed by atoms with van der Waals surface area (Å²) >= 11 is 0. The molecule has 0 saturated heterocycles. The number of carbonyl (C=O) groups is 1. The number of carbonyl (C=O) groups excluding carboxylic acids is 1. The standard InChI is InChI=1S/C24H30N4O/c1-16-13-20(15-24(3,4)14-16)28-22-8-6-5-7-21(22)27-23(28)26-19-11-9-18(10-12-19)25-17(2)29/h5-12,16,20H,13-15H2,1-4H3,(H,25,29)(H,26,27)/t16-,20+/m0/s1. The lowest BCUT2D eigenvalue weighted by Crippen LogP contribution is -2.29. The summed E-state index contributed by atoms with van der Waals surface area (Å²) in [7, 11) is 0. The van der Waals surface area contributed by atoms with Crippen molar-refractivity contribution in [2.45, 2.75) is 53.0 Å². The van der Waals surface area contributed by atoms with Gasteiger partial charge in [-0.25, -0.2) is 4.98 Å². The van der Waals surface area contributed by atoms with E-state index in [4.69, 9.17) is 4.98 Å². The number of anilines is 3. The molecule has 3 aromatic rings. The summed E-state index contributed by atoms with van der Waals surface area (Å²) in [6.45, 7) is 8.63. The number of nitrogens with zero attached hydrogens (tertiary/aromatic N) is 2. The number of nitrogens with one attached hydrogen (secondary N) is 2. The summed E-state index contributed by atoms with van der Waals surface area (Å²) in [4.78, 5) is 16.2. The zero-order valence-corrected chi connectivity index (χ0v) is 17.7. The summed E-state index contributed by atoms with van der Waals surface area (Å²) in [6, 6.07) is 16.6. The van der Waals surface area contributed by atoms with Gasteiger partial charge in [-0.2, -0.15) is 0 Å². The molecule has 1 saturated carbocycles. The third-order valence-corrected chi connectivity index (χ3v) is 5.79. The maximum atomic E-state index is 11.2. The molecule has 0 radical (unpaired) electrons. The Morgan fingerprint density at radius 2 is 1.76 bits per heavy atom. The van der Waals surface area contributed by atoms with E-state index in [0.717, 1.165) is 29.3 Å². The molecule has 2 atom stereocenters. The van der Waals surface area contributed by atoms with Crippen LogP contribution in [0.5, 0.6) is 0 Å². The highest BCUT2D eigenvalue weighted by Crippen LogP contribution is 2.46. The molecule has 5 nitrogen and oxygen atoms in total. The minimum absolute atomic E-state index is 0.0680. The smallest absolute Gasteiger partial charge is 0.221 e. The number of aromatic nitrogens is 2. The molecule has 2 aromatic carbocycles. The Labute approximate surface area is 172 Å². The lowest BCUT2D eigenvalue weighted by molar-refractivity contribution is -0.114. The summed E-state index contributed by atoms with van der Waals surface area (Å²) in [5, 5.41) is 6.33. The molecule has 1 aliphatic rings. The van der Waals surface area contributed by atoms with E-state index in [9.17, 15) is 4.79 Å². The molecule has 152 valence electrons. The third-order valence-electron chi connectivity index (χ3n) is 5.79. The van der Waals surface area contributed by atoms with E-state index in [-0.39, 0.29) is 5.91 Å². The number of imidazole rings is 1. The maximum absolute atomic E-state index is 11.2. The van der Waals surface area contributed by atoms with Gasteiger partial charge in [0.25, 0.3) is 0 Å². The van der Waals surface area contributed by atoms with Crippen LogP contribution in [0.2, 0.25) is 0 Å². The normalized spacial score (nSPS) is 21.1. The Hall–Kier alpha value is -2.82. The molecule has 0 bridgehead atoms. The highest BCUT2D eigenvalue weighted by atomic mass is 16.1. The van der Waals surface area contributed by atoms with Crippen LogP contribution in [-0.4, -0.2) is 15.5 Å². The van der Waals surface area contributed by atoms with Crippen LogP contribution in [0.15, 0.2) is 48.5 Å². The largest absolute Gasteiger partial charge is 0.326 e. The number of hydrogen-bond acceptors (Lipinski definition) is 3. The van der Waals surface area contributed by atoms with Crippen LogP contribution >= 0.6 is 0 Å². The van der Waals surface area contributed by atoms with Crippen molar-refractivity contribution in [2.24, 2.45) is 11.3 Å². The predicted molar refractivity (Wildman–Crippen MR) is 120 cm³/mol. The number of para-hydroxylation sites is 2. The molecule has 0 aliphatic heterocycles. The van der Waals surface area contributed by atoms with E-state index in [1.54, 1.807) is 0 Å². The lowest BCUT2D eigenvalue weighted by atomic mass is 9.70. The average Bonchev–Trinajstić information content (AvgIpc) is 2.99. The molecule has 1 aliphatic carbocycles. The van der Waals surface area contributed by atoms with Gasteiger partial charge in [-0.05, 0) is 67.0 Å². The lowest BCUT2D eigenvalue weighted by Gasteiger charge is -2.40. The first-order chi connectivity index (χ1) is 13.8. The summed E-state index contributed by atoms with van der Waals surface area (Å²) in [6.07, 6.45) is 3.58. The van der Waals surface area contributed by atoms with Gasteiger partial charge in [-0.15, -0.1) is 0 Å². The average molecular weight is 391 g/mol. The van der Waals surface area contributed by atoms with Gasteiger partial charge in [-0.1, -0.05) is 32.9 Å². The number of rotatable bonds is 4. The zero-order chi connectivity index (χ0) is 20.6. The topological polar surface area (TPSA) is 59.0 Å². The molecular weight excluding hydrogens is 360 g/mol. The van der Waals surface area contributed by atoms with Crippen LogP contribution in [0.25, 0.3) is 11.0 Å². The first-order valence-corrected chi connectivity index (χ1v) is 10.4. The van der Waals surface area contributed by atoms with Crippen molar-refractivity contribution in [1.82, 2.24) is 9.55 Å². The van der Waals surface area contributed by atoms with Crippen molar-refractivity contribution >= 4 is 34.3 Å². The minimum atomic E-state index is -0.0680. The number of amides is 1. The van der Waals surface area contributed by atoms with Gasteiger partial charge in [-0.3, -0.25) is 4.79 Å². The highest BCUT2D eigenvalue weighted by molar-refractivity contribution is 5.89. The predicted octanol–water partition coefficient (Wildman–Crippen LogP) is 6.13. The summed E-state index contributed by atoms with van der Waals surface area (Å²) < 4.78 is 2.40. The molecule has 1 heterocycles. The van der Waals surface area contributed by atoms with Gasteiger partial charge < -0.3 is 15.2 Å². The van der Waals surface area contributed by atoms with E-state index in [1.165, 1.54) is 25.3 Å². The van der Waals surface area contributed by atoms with Crippen LogP contribution in [0.4, 0.5) is 17.3 Å². The molecule has 0 spiro atoms. The number of hydrogen-bond donors (Lipinski definition) is 2. The Morgan fingerprint density at radius 1 is 1.07 bits per heavy atom. The van der Waals surface area contributed by atoms with Crippen LogP contribution in [-0.2, 0) is 4.79 Å². The number of benzene rings is 2. The van der Waals surface area contributed by atoms with Crippen LogP contribution in [0.1, 0.15) is 53.0 Å². The van der Waals surface area contributed by atoms with E-state index >= 15 is 0 Å². The minimum Gasteiger partial charge on any atom is -0.326 e. The van der Waals surface area contributed by atoms with Gasteiger partial charge in [0.1, 0.15) is 0 Å². The Bertz CT molecular complexity index is 1020. The maximum Gasteiger partial charge on any atom is 0.221 e. The van der Waals surface area contributed by atoms with Gasteiger partial charge in [0, 0.05) is 24.3 Å². The van der Waals surface area contributed by atoms with Crippen LogP contribution in [0.3, 0.4) is 0 Å². The first-order valence-electron chi connectivity index (χ1n) is 10.4. The SMILES string of the molecule is CC(=O)Nc1ccc(Nc2nc3ccccc3n2[C@@H]2C[C@H](C)CC(C)(C)C2)cc1. The van der Waals surface area contributed by atoms with Crippen molar-refractivity contribution in [1.29, 1.82) is 0 Å². The second-order valence-corrected chi connectivity index (χ2v) is 9.24. The molecule has 29 heavy (non-hydrogen) atoms. The van der Waals surface area contributed by atoms with Gasteiger partial charge in [0.15, 0.2) is 0 Å². The highest BCUT2D eigenvalue weighted by Gasteiger charge is 2.34. The van der Waals surface area contributed by atoms with E-state index in [0.29, 0.717) is 17.4 Å². The second-order valence-electron chi connectivity index (χ2n) is 9.24. The van der Waals surface area contributed by atoms with E-state index in [1.807, 2.05) is 30.3 Å². The Balaban J connectivity index is 1.69. The first kappa shape index (κ1) is 19.5. The summed E-state index contributed by atoms with van der Waals surface area (Å²) in [5.74, 6) is 1.50. The number of fused-ring (bicyclic) bond motifs is 1. The Morgan fingerprint density at radius 3 is 2.45 bits per heavy atom. The van der Waals surface area contributed by atoms with E-state index in [2.05, 4.69) is 54.2 Å². The molecule has 2 N–H and O–H groups in total. The molecule has 4 rings (SSSR count). The van der Waals surface area contributed by atoms with Crippen molar-refractivity contribution in [2.75, 3.05) is 10.6 Å². The Kier molecular flexibility index (Phi) is 5.07. The quantitative estimate of drug-likeness (QED) is 0.564. The van der Waals surface area contributed by atoms with Crippen molar-refractivity contribution < 1.29 is 4.79 Å². The second kappa shape index (κ2) is 7.54. The fourth-order valence-corrected chi connectivity index (χ4v) is 4.96. The molecule has 0 unspecified atom stereocenters. The molecule has 1 fully saturated rings. The molecule has 1 aromatic heterocycles. The molecule has 5 heteroatoms. The van der Waals surface area contributed by atoms with Crippen molar-refractivity contribution in [3.63, 3.8) is 0 Å². The van der Waals surface area contributed by atoms with E-state index < -0.39 is 0 Å². The van der Waals surface area contributed by atoms with Crippen LogP contribution < -0.4 is 10.6 Å². The summed E-state index contributed by atoms with van der Waals surface area (Å²) in [5.41, 5.74) is 4.27. The monoisotopic (exact) mass is 390 g/mol.